The highest BCUT2D eigenvalue weighted by atomic mass is 19.1. The summed E-state index contributed by atoms with van der Waals surface area (Å²) in [4.78, 5) is 36.2. The first-order chi connectivity index (χ1) is 13.3. The molecule has 0 aliphatic heterocycles. The summed E-state index contributed by atoms with van der Waals surface area (Å²) in [5.41, 5.74) is 0.460. The Morgan fingerprint density at radius 3 is 2.36 bits per heavy atom. The predicted octanol–water partition coefficient (Wildman–Crippen LogP) is 3.38. The Morgan fingerprint density at radius 2 is 1.79 bits per heavy atom. The zero-order valence-electron chi connectivity index (χ0n) is 15.5. The summed E-state index contributed by atoms with van der Waals surface area (Å²) >= 11 is 0. The smallest absolute Gasteiger partial charge is 0.338 e. The van der Waals surface area contributed by atoms with Crippen molar-refractivity contribution in [1.82, 2.24) is 0 Å². The van der Waals surface area contributed by atoms with E-state index in [4.69, 9.17) is 4.74 Å². The quantitative estimate of drug-likeness (QED) is 0.422. The fraction of sp³-hybridized carbons (Fsp3) is 0.263. The number of nitrogens with one attached hydrogen (secondary N) is 1. The van der Waals surface area contributed by atoms with Gasteiger partial charge in [0, 0.05) is 18.8 Å². The molecule has 148 valence electrons. The Hall–Kier alpha value is -3.49. The van der Waals surface area contributed by atoms with Crippen LogP contribution in [0.2, 0.25) is 0 Å². The second-order valence-electron chi connectivity index (χ2n) is 5.76. The third kappa shape index (κ3) is 5.26. The number of carbonyl (C=O) groups excluding carboxylic acids is 2. The molecular formula is C19H20FN3O5. The van der Waals surface area contributed by atoms with Gasteiger partial charge in [0.1, 0.15) is 11.5 Å². The third-order valence-electron chi connectivity index (χ3n) is 4.00. The van der Waals surface area contributed by atoms with Gasteiger partial charge in [-0.1, -0.05) is 0 Å². The minimum atomic E-state index is -0.817. The number of ether oxygens (including phenoxy) is 1. The monoisotopic (exact) mass is 389 g/mol. The number of nitro benzene ring substituents is 1. The van der Waals surface area contributed by atoms with Gasteiger partial charge in [0.2, 0.25) is 0 Å². The standard InChI is InChI=1S/C19H20FN3O5/c1-3-22(4-2)15-8-5-13(6-9-15)19(25)28-12-18(24)21-16-10-7-14(20)11-17(16)23(26)27/h5-11H,3-4,12H2,1-2H3,(H,21,24). The number of anilines is 2. The minimum Gasteiger partial charge on any atom is -0.452 e. The van der Waals surface area contributed by atoms with E-state index in [1.54, 1.807) is 24.3 Å². The Morgan fingerprint density at radius 1 is 1.14 bits per heavy atom. The number of hydrogen-bond donors (Lipinski definition) is 1. The van der Waals surface area contributed by atoms with E-state index in [0.29, 0.717) is 6.07 Å². The summed E-state index contributed by atoms with van der Waals surface area (Å²) < 4.78 is 18.1. The molecule has 0 spiro atoms. The lowest BCUT2D eigenvalue weighted by molar-refractivity contribution is -0.384. The van der Waals surface area contributed by atoms with Crippen LogP contribution >= 0.6 is 0 Å². The number of nitro groups is 1. The van der Waals surface area contributed by atoms with Crippen LogP contribution in [0.4, 0.5) is 21.5 Å². The highest BCUT2D eigenvalue weighted by molar-refractivity contribution is 5.96. The molecule has 0 unspecified atom stereocenters. The fourth-order valence-corrected chi connectivity index (χ4v) is 2.56. The molecule has 8 nitrogen and oxygen atoms in total. The van der Waals surface area contributed by atoms with Crippen LogP contribution < -0.4 is 10.2 Å². The third-order valence-corrected chi connectivity index (χ3v) is 4.00. The maximum absolute atomic E-state index is 13.1. The van der Waals surface area contributed by atoms with Crippen LogP contribution in [0.15, 0.2) is 42.5 Å². The Balaban J connectivity index is 1.96. The topological polar surface area (TPSA) is 102 Å². The molecule has 0 radical (unpaired) electrons. The normalized spacial score (nSPS) is 10.2. The number of halogens is 1. The molecule has 0 heterocycles. The molecule has 0 aliphatic rings. The lowest BCUT2D eigenvalue weighted by atomic mass is 10.2. The fourth-order valence-electron chi connectivity index (χ4n) is 2.56. The van der Waals surface area contributed by atoms with Gasteiger partial charge in [-0.25, -0.2) is 9.18 Å². The zero-order valence-corrected chi connectivity index (χ0v) is 15.5. The number of nitrogens with zero attached hydrogens (tertiary/aromatic N) is 2. The average Bonchev–Trinajstić information content (AvgIpc) is 2.69. The highest BCUT2D eigenvalue weighted by Gasteiger charge is 2.18. The van der Waals surface area contributed by atoms with Gasteiger partial charge >= 0.3 is 5.97 Å². The van der Waals surface area contributed by atoms with E-state index in [1.165, 1.54) is 0 Å². The van der Waals surface area contributed by atoms with Crippen molar-refractivity contribution in [3.63, 3.8) is 0 Å². The maximum Gasteiger partial charge on any atom is 0.338 e. The molecule has 2 aromatic rings. The lowest BCUT2D eigenvalue weighted by Gasteiger charge is -2.20. The molecule has 0 fully saturated rings. The van der Waals surface area contributed by atoms with Gasteiger partial charge in [-0.3, -0.25) is 14.9 Å². The first kappa shape index (κ1) is 20.8. The predicted molar refractivity (Wildman–Crippen MR) is 102 cm³/mol. The Kier molecular flexibility index (Phi) is 7.02. The molecular weight excluding hydrogens is 369 g/mol. The van der Waals surface area contributed by atoms with Gasteiger partial charge < -0.3 is 15.0 Å². The van der Waals surface area contributed by atoms with Gasteiger partial charge in [-0.05, 0) is 50.2 Å². The largest absolute Gasteiger partial charge is 0.452 e. The van der Waals surface area contributed by atoms with E-state index >= 15 is 0 Å². The summed E-state index contributed by atoms with van der Waals surface area (Å²) in [6.07, 6.45) is 0. The van der Waals surface area contributed by atoms with E-state index in [9.17, 15) is 24.1 Å². The van der Waals surface area contributed by atoms with Gasteiger partial charge in [-0.2, -0.15) is 0 Å². The van der Waals surface area contributed by atoms with Gasteiger partial charge in [0.25, 0.3) is 11.6 Å². The van der Waals surface area contributed by atoms with Crippen molar-refractivity contribution in [2.45, 2.75) is 13.8 Å². The van der Waals surface area contributed by atoms with Crippen LogP contribution in [-0.2, 0) is 9.53 Å². The maximum atomic E-state index is 13.1. The first-order valence-electron chi connectivity index (χ1n) is 8.61. The van der Waals surface area contributed by atoms with E-state index in [0.717, 1.165) is 30.9 Å². The van der Waals surface area contributed by atoms with E-state index in [1.807, 2.05) is 13.8 Å². The van der Waals surface area contributed by atoms with Gasteiger partial charge in [0.15, 0.2) is 6.61 Å². The van der Waals surface area contributed by atoms with Crippen molar-refractivity contribution in [1.29, 1.82) is 0 Å². The van der Waals surface area contributed by atoms with Crippen LogP contribution in [0.1, 0.15) is 24.2 Å². The second kappa shape index (κ2) is 9.45. The number of carbonyl (C=O) groups is 2. The van der Waals surface area contributed by atoms with Crippen LogP contribution in [0.25, 0.3) is 0 Å². The van der Waals surface area contributed by atoms with Crippen LogP contribution in [-0.4, -0.2) is 36.5 Å². The summed E-state index contributed by atoms with van der Waals surface area (Å²) in [6.45, 7) is 5.07. The van der Waals surface area contributed by atoms with Crippen LogP contribution in [0, 0.1) is 15.9 Å². The second-order valence-corrected chi connectivity index (χ2v) is 5.76. The number of hydrogen-bond acceptors (Lipinski definition) is 6. The summed E-state index contributed by atoms with van der Waals surface area (Å²) in [5.74, 6) is -2.28. The van der Waals surface area contributed by atoms with E-state index < -0.39 is 34.9 Å². The van der Waals surface area contributed by atoms with Crippen molar-refractivity contribution >= 4 is 28.9 Å². The average molecular weight is 389 g/mol. The zero-order chi connectivity index (χ0) is 20.7. The molecule has 0 aromatic heterocycles. The summed E-state index contributed by atoms with van der Waals surface area (Å²) in [7, 11) is 0. The molecule has 9 heteroatoms. The van der Waals surface area contributed by atoms with Crippen LogP contribution in [0.3, 0.4) is 0 Å². The number of benzene rings is 2. The van der Waals surface area contributed by atoms with Crippen molar-refractivity contribution in [2.75, 3.05) is 29.9 Å². The number of rotatable bonds is 8. The van der Waals surface area contributed by atoms with Crippen molar-refractivity contribution < 1.29 is 23.6 Å². The molecule has 1 amide bonds. The van der Waals surface area contributed by atoms with Gasteiger partial charge in [0.05, 0.1) is 16.6 Å². The van der Waals surface area contributed by atoms with Crippen molar-refractivity contribution in [3.05, 3.63) is 64.0 Å². The first-order valence-corrected chi connectivity index (χ1v) is 8.61. The van der Waals surface area contributed by atoms with Gasteiger partial charge in [-0.15, -0.1) is 0 Å². The van der Waals surface area contributed by atoms with Crippen molar-refractivity contribution in [2.24, 2.45) is 0 Å². The van der Waals surface area contributed by atoms with Crippen LogP contribution in [0.5, 0.6) is 0 Å². The molecule has 28 heavy (non-hydrogen) atoms. The molecule has 2 aromatic carbocycles. The number of esters is 1. The SMILES string of the molecule is CCN(CC)c1ccc(C(=O)OCC(=O)Nc2ccc(F)cc2[N+](=O)[O-])cc1. The molecule has 0 aliphatic carbocycles. The molecule has 1 N–H and O–H groups in total. The Bertz CT molecular complexity index is 866. The molecule has 2 rings (SSSR count). The van der Waals surface area contributed by atoms with E-state index in [2.05, 4.69) is 10.2 Å². The van der Waals surface area contributed by atoms with E-state index in [-0.39, 0.29) is 11.3 Å². The molecule has 0 saturated carbocycles. The Labute approximate surface area is 161 Å². The minimum absolute atomic E-state index is 0.184. The summed E-state index contributed by atoms with van der Waals surface area (Å²) in [5, 5.41) is 13.2. The van der Waals surface area contributed by atoms with Crippen molar-refractivity contribution in [3.8, 4) is 0 Å². The lowest BCUT2D eigenvalue weighted by Crippen LogP contribution is -2.22. The molecule has 0 atom stereocenters. The summed E-state index contributed by atoms with van der Waals surface area (Å²) in [6, 6.07) is 9.50. The molecule has 0 bridgehead atoms. The number of amides is 1. The highest BCUT2D eigenvalue weighted by Crippen LogP contribution is 2.24. The molecule has 0 saturated heterocycles.